The first kappa shape index (κ1) is 11.1. The standard InChI is InChI=1S/C11H11NO3S/c1-15-10(14)6-9-8(13)5-7-3-2-4-12-11(7)16-9/h2-4,9H,5-6H2,1H3. The minimum Gasteiger partial charge on any atom is -0.469 e. The third kappa shape index (κ3) is 2.24. The summed E-state index contributed by atoms with van der Waals surface area (Å²) in [5.74, 6) is -0.291. The number of methoxy groups -OCH3 is 1. The van der Waals surface area contributed by atoms with Gasteiger partial charge in [-0.15, -0.1) is 0 Å². The second kappa shape index (κ2) is 4.65. The van der Waals surface area contributed by atoms with E-state index >= 15 is 0 Å². The first-order chi connectivity index (χ1) is 7.70. The molecule has 2 rings (SSSR count). The zero-order valence-corrected chi connectivity index (χ0v) is 9.62. The van der Waals surface area contributed by atoms with Gasteiger partial charge < -0.3 is 4.74 Å². The number of nitrogens with zero attached hydrogens (tertiary/aromatic N) is 1. The molecule has 0 bridgehead atoms. The zero-order chi connectivity index (χ0) is 11.5. The van der Waals surface area contributed by atoms with Crippen LogP contribution in [0.2, 0.25) is 0 Å². The van der Waals surface area contributed by atoms with Gasteiger partial charge in [0.2, 0.25) is 0 Å². The monoisotopic (exact) mass is 237 g/mol. The van der Waals surface area contributed by atoms with Gasteiger partial charge in [-0.25, -0.2) is 4.98 Å². The number of aromatic nitrogens is 1. The lowest BCUT2D eigenvalue weighted by atomic mass is 10.1. The van der Waals surface area contributed by atoms with E-state index in [0.717, 1.165) is 10.6 Å². The quantitative estimate of drug-likeness (QED) is 0.724. The minimum atomic E-state index is -0.356. The summed E-state index contributed by atoms with van der Waals surface area (Å²) >= 11 is 1.35. The van der Waals surface area contributed by atoms with Gasteiger partial charge in [-0.2, -0.15) is 0 Å². The molecule has 0 N–H and O–H groups in total. The molecule has 2 heterocycles. The van der Waals surface area contributed by atoms with Crippen LogP contribution in [0, 0.1) is 0 Å². The fraction of sp³-hybridized carbons (Fsp3) is 0.364. The predicted molar refractivity (Wildman–Crippen MR) is 59.2 cm³/mol. The number of hydrogen-bond donors (Lipinski definition) is 0. The second-order valence-corrected chi connectivity index (χ2v) is 4.69. The number of hydrogen-bond acceptors (Lipinski definition) is 5. The summed E-state index contributed by atoms with van der Waals surface area (Å²) < 4.78 is 4.56. The van der Waals surface area contributed by atoms with E-state index < -0.39 is 0 Å². The summed E-state index contributed by atoms with van der Waals surface area (Å²) in [6, 6.07) is 3.70. The molecule has 1 aromatic rings. The summed E-state index contributed by atoms with van der Waals surface area (Å²) in [4.78, 5) is 27.1. The molecule has 0 radical (unpaired) electrons. The Morgan fingerprint density at radius 3 is 3.25 bits per heavy atom. The highest BCUT2D eigenvalue weighted by Crippen LogP contribution is 2.33. The zero-order valence-electron chi connectivity index (χ0n) is 8.80. The topological polar surface area (TPSA) is 56.3 Å². The molecular formula is C11H11NO3S. The number of Topliss-reactive ketones (excluding diaryl/α,β-unsaturated/α-hetero) is 1. The molecule has 0 fully saturated rings. The summed E-state index contributed by atoms with van der Waals surface area (Å²) in [6.45, 7) is 0. The maximum atomic E-state index is 11.8. The number of ketones is 1. The van der Waals surface area contributed by atoms with E-state index in [4.69, 9.17) is 0 Å². The summed E-state index contributed by atoms with van der Waals surface area (Å²) in [5, 5.41) is 0.492. The molecule has 5 heteroatoms. The van der Waals surface area contributed by atoms with Crippen molar-refractivity contribution in [1.82, 2.24) is 4.98 Å². The van der Waals surface area contributed by atoms with Gasteiger partial charge >= 0.3 is 5.97 Å². The van der Waals surface area contributed by atoms with Crippen LogP contribution in [0.15, 0.2) is 23.4 Å². The van der Waals surface area contributed by atoms with Gasteiger partial charge in [0.1, 0.15) is 5.03 Å². The summed E-state index contributed by atoms with van der Waals surface area (Å²) in [6.07, 6.45) is 2.17. The Bertz CT molecular complexity index is 433. The molecule has 0 saturated carbocycles. The van der Waals surface area contributed by atoms with E-state index in [1.807, 2.05) is 12.1 Å². The molecule has 16 heavy (non-hydrogen) atoms. The molecule has 84 valence electrons. The molecule has 4 nitrogen and oxygen atoms in total. The largest absolute Gasteiger partial charge is 0.469 e. The van der Waals surface area contributed by atoms with Crippen molar-refractivity contribution in [2.24, 2.45) is 0 Å². The first-order valence-electron chi connectivity index (χ1n) is 4.91. The van der Waals surface area contributed by atoms with E-state index in [9.17, 15) is 9.59 Å². The molecule has 0 spiro atoms. The molecule has 1 aromatic heterocycles. The normalized spacial score (nSPS) is 19.1. The highest BCUT2D eigenvalue weighted by Gasteiger charge is 2.29. The number of esters is 1. The summed E-state index contributed by atoms with van der Waals surface area (Å²) in [7, 11) is 1.33. The van der Waals surface area contributed by atoms with Crippen LogP contribution in [0.5, 0.6) is 0 Å². The van der Waals surface area contributed by atoms with Crippen molar-refractivity contribution in [3.8, 4) is 0 Å². The third-order valence-corrected chi connectivity index (χ3v) is 3.71. The van der Waals surface area contributed by atoms with E-state index in [1.54, 1.807) is 6.20 Å². The number of fused-ring (bicyclic) bond motifs is 1. The Labute approximate surface area is 97.4 Å². The highest BCUT2D eigenvalue weighted by molar-refractivity contribution is 8.00. The van der Waals surface area contributed by atoms with E-state index in [1.165, 1.54) is 18.9 Å². The molecule has 0 saturated heterocycles. The average Bonchev–Trinajstić information content (AvgIpc) is 2.30. The molecule has 1 atom stereocenters. The van der Waals surface area contributed by atoms with E-state index in [2.05, 4.69) is 9.72 Å². The van der Waals surface area contributed by atoms with Crippen LogP contribution in [-0.2, 0) is 20.7 Å². The fourth-order valence-corrected chi connectivity index (χ4v) is 2.67. The maximum Gasteiger partial charge on any atom is 0.307 e. The van der Waals surface area contributed by atoms with Crippen molar-refractivity contribution in [2.75, 3.05) is 7.11 Å². The van der Waals surface area contributed by atoms with E-state index in [-0.39, 0.29) is 23.4 Å². The first-order valence-corrected chi connectivity index (χ1v) is 5.78. The van der Waals surface area contributed by atoms with Crippen molar-refractivity contribution in [1.29, 1.82) is 0 Å². The predicted octanol–water partition coefficient (Wildman–Crippen LogP) is 1.23. The molecule has 1 aliphatic rings. The van der Waals surface area contributed by atoms with Gasteiger partial charge in [-0.1, -0.05) is 17.8 Å². The number of ether oxygens (including phenoxy) is 1. The van der Waals surface area contributed by atoms with Crippen molar-refractivity contribution < 1.29 is 14.3 Å². The van der Waals surface area contributed by atoms with Crippen LogP contribution in [0.25, 0.3) is 0 Å². The molecule has 1 aliphatic heterocycles. The fourth-order valence-electron chi connectivity index (χ4n) is 1.56. The lowest BCUT2D eigenvalue weighted by Gasteiger charge is -2.20. The second-order valence-electron chi connectivity index (χ2n) is 3.50. The van der Waals surface area contributed by atoms with E-state index in [0.29, 0.717) is 6.42 Å². The highest BCUT2D eigenvalue weighted by atomic mass is 32.2. The van der Waals surface area contributed by atoms with Crippen LogP contribution in [-0.4, -0.2) is 29.1 Å². The number of pyridine rings is 1. The Balaban J connectivity index is 2.15. The lowest BCUT2D eigenvalue weighted by molar-refractivity contribution is -0.141. The maximum absolute atomic E-state index is 11.8. The van der Waals surface area contributed by atoms with Crippen molar-refractivity contribution in [3.63, 3.8) is 0 Å². The molecule has 0 amide bonds. The number of rotatable bonds is 2. The minimum absolute atomic E-state index is 0.0656. The Kier molecular flexibility index (Phi) is 3.24. The van der Waals surface area contributed by atoms with Crippen molar-refractivity contribution in [3.05, 3.63) is 23.9 Å². The molecule has 1 unspecified atom stereocenters. The number of carbonyl (C=O) groups is 2. The summed E-state index contributed by atoms with van der Waals surface area (Å²) in [5.41, 5.74) is 0.943. The Morgan fingerprint density at radius 2 is 2.50 bits per heavy atom. The van der Waals surface area contributed by atoms with Gasteiger partial charge in [0, 0.05) is 12.6 Å². The van der Waals surface area contributed by atoms with Gasteiger partial charge in [0.25, 0.3) is 0 Å². The van der Waals surface area contributed by atoms with Gasteiger partial charge in [-0.05, 0) is 11.6 Å². The van der Waals surface area contributed by atoms with Crippen LogP contribution >= 0.6 is 11.8 Å². The molecule has 0 aliphatic carbocycles. The SMILES string of the molecule is COC(=O)CC1Sc2ncccc2CC1=O. The third-order valence-electron chi connectivity index (χ3n) is 2.41. The van der Waals surface area contributed by atoms with Crippen LogP contribution in [0.4, 0.5) is 0 Å². The van der Waals surface area contributed by atoms with Gasteiger partial charge in [-0.3, -0.25) is 9.59 Å². The van der Waals surface area contributed by atoms with Crippen LogP contribution in [0.1, 0.15) is 12.0 Å². The smallest absolute Gasteiger partial charge is 0.307 e. The average molecular weight is 237 g/mol. The molecular weight excluding hydrogens is 226 g/mol. The molecule has 0 aromatic carbocycles. The Hall–Kier alpha value is -1.36. The number of carbonyl (C=O) groups excluding carboxylic acids is 2. The Morgan fingerprint density at radius 1 is 1.69 bits per heavy atom. The van der Waals surface area contributed by atoms with Crippen molar-refractivity contribution in [2.45, 2.75) is 23.1 Å². The number of thioether (sulfide) groups is 1. The van der Waals surface area contributed by atoms with Crippen LogP contribution in [0.3, 0.4) is 0 Å². The van der Waals surface area contributed by atoms with Gasteiger partial charge in [0.15, 0.2) is 5.78 Å². The van der Waals surface area contributed by atoms with Crippen LogP contribution < -0.4 is 0 Å². The lowest BCUT2D eigenvalue weighted by Crippen LogP contribution is -2.27. The van der Waals surface area contributed by atoms with Gasteiger partial charge in [0.05, 0.1) is 18.8 Å². The van der Waals surface area contributed by atoms with Crippen molar-refractivity contribution >= 4 is 23.5 Å².